The highest BCUT2D eigenvalue weighted by atomic mass is 35.5. The quantitative estimate of drug-likeness (QED) is 0.195. The van der Waals surface area contributed by atoms with Gasteiger partial charge >= 0.3 is 13.3 Å². The van der Waals surface area contributed by atoms with E-state index in [-0.39, 0.29) is 38.5 Å². The van der Waals surface area contributed by atoms with Crippen LogP contribution in [0.25, 0.3) is 5.52 Å². The number of fused-ring (bicyclic) bond motifs is 2. The molecule has 0 saturated heterocycles. The van der Waals surface area contributed by atoms with Crippen LogP contribution < -0.4 is 10.8 Å². The Kier molecular flexibility index (Phi) is 7.25. The number of carbonyl (C=O) groups excluding carboxylic acids is 1. The highest BCUT2D eigenvalue weighted by molar-refractivity contribution is 6.62. The van der Waals surface area contributed by atoms with Crippen LogP contribution in [-0.2, 0) is 27.2 Å². The lowest BCUT2D eigenvalue weighted by Crippen LogP contribution is -2.42. The van der Waals surface area contributed by atoms with Gasteiger partial charge in [-0.25, -0.2) is 0 Å². The van der Waals surface area contributed by atoms with E-state index in [4.69, 9.17) is 44.3 Å². The third-order valence-electron chi connectivity index (χ3n) is 7.76. The molecule has 2 aliphatic heterocycles. The van der Waals surface area contributed by atoms with Crippen molar-refractivity contribution in [2.24, 2.45) is 5.16 Å². The van der Waals surface area contributed by atoms with Crippen molar-refractivity contribution in [1.82, 2.24) is 9.72 Å². The lowest BCUT2D eigenvalue weighted by atomic mass is 9.77. The Morgan fingerprint density at radius 3 is 2.53 bits per heavy atom. The van der Waals surface area contributed by atoms with Crippen LogP contribution >= 0.6 is 34.8 Å². The Bertz CT molecular complexity index is 1800. The summed E-state index contributed by atoms with van der Waals surface area (Å²) >= 11 is 18.1. The summed E-state index contributed by atoms with van der Waals surface area (Å²) in [5.41, 5.74) is -0.793. The number of hydrogen-bond acceptors (Lipinski definition) is 5. The number of carbonyl (C=O) groups is 1. The van der Waals surface area contributed by atoms with Crippen molar-refractivity contribution in [3.05, 3.63) is 104 Å². The van der Waals surface area contributed by atoms with Crippen LogP contribution in [0, 0.1) is 0 Å². The Hall–Kier alpha value is -3.22. The maximum atomic E-state index is 14.6. The molecule has 0 saturated carbocycles. The molecule has 1 unspecified atom stereocenters. The summed E-state index contributed by atoms with van der Waals surface area (Å²) in [6, 6.07) is 12.4. The fraction of sp³-hybridized carbons (Fsp3) is 0.241. The van der Waals surface area contributed by atoms with Crippen molar-refractivity contribution in [1.29, 1.82) is 0 Å². The van der Waals surface area contributed by atoms with E-state index < -0.39 is 36.8 Å². The number of alkyl halides is 3. The van der Waals surface area contributed by atoms with Crippen LogP contribution in [0.2, 0.25) is 15.1 Å². The molecule has 2 aromatic carbocycles. The SMILES string of the molecule is CC1(C)OB(O)c2cc(CNC(=O)c3cccn4ccc(C5=NOC(c6cc(Cl)c(Cl)c(Cl)c6)(C(F)(F)F)C5)c34)ccc21. The van der Waals surface area contributed by atoms with Gasteiger partial charge in [-0.2, -0.15) is 13.2 Å². The molecule has 1 atom stereocenters. The Labute approximate surface area is 259 Å². The predicted octanol–water partition coefficient (Wildman–Crippen LogP) is 6.36. The minimum absolute atomic E-state index is 0.0162. The number of amides is 1. The van der Waals surface area contributed by atoms with Gasteiger partial charge in [0.15, 0.2) is 0 Å². The zero-order chi connectivity index (χ0) is 30.9. The summed E-state index contributed by atoms with van der Waals surface area (Å²) in [7, 11) is -1.07. The lowest BCUT2D eigenvalue weighted by molar-refractivity contribution is -0.275. The minimum atomic E-state index is -4.90. The number of rotatable bonds is 5. The summed E-state index contributed by atoms with van der Waals surface area (Å²) < 4.78 is 51.0. The number of halogens is 6. The molecule has 0 aliphatic carbocycles. The van der Waals surface area contributed by atoms with Crippen LogP contribution in [0.1, 0.15) is 52.9 Å². The van der Waals surface area contributed by atoms with Gasteiger partial charge in [-0.1, -0.05) is 58.2 Å². The van der Waals surface area contributed by atoms with Gasteiger partial charge in [0, 0.05) is 30.1 Å². The smallest absolute Gasteiger partial charge is 0.423 e. The molecule has 0 fully saturated rings. The van der Waals surface area contributed by atoms with E-state index in [2.05, 4.69) is 10.5 Å². The van der Waals surface area contributed by atoms with E-state index >= 15 is 0 Å². The summed E-state index contributed by atoms with van der Waals surface area (Å²) in [5.74, 6) is -0.457. The molecule has 1 amide bonds. The molecule has 0 spiro atoms. The fourth-order valence-corrected chi connectivity index (χ4v) is 6.17. The first-order valence-corrected chi connectivity index (χ1v) is 14.2. The Morgan fingerprint density at radius 1 is 1.12 bits per heavy atom. The van der Waals surface area contributed by atoms with E-state index in [9.17, 15) is 23.0 Å². The zero-order valence-electron chi connectivity index (χ0n) is 22.6. The number of oxime groups is 1. The maximum Gasteiger partial charge on any atom is 0.492 e. The topological polar surface area (TPSA) is 84.6 Å². The molecule has 4 heterocycles. The number of hydrogen-bond donors (Lipinski definition) is 2. The second-order valence-corrected chi connectivity index (χ2v) is 12.1. The Morgan fingerprint density at radius 2 is 1.84 bits per heavy atom. The van der Waals surface area contributed by atoms with Crippen LogP contribution in [0.3, 0.4) is 0 Å². The second kappa shape index (κ2) is 10.5. The van der Waals surface area contributed by atoms with Gasteiger partial charge in [-0.3, -0.25) is 4.79 Å². The predicted molar refractivity (Wildman–Crippen MR) is 158 cm³/mol. The maximum absolute atomic E-state index is 14.6. The van der Waals surface area contributed by atoms with E-state index in [1.807, 2.05) is 26.0 Å². The molecule has 0 bridgehead atoms. The summed E-state index contributed by atoms with van der Waals surface area (Å²) in [4.78, 5) is 18.6. The lowest BCUT2D eigenvalue weighted by Gasteiger charge is -2.29. The van der Waals surface area contributed by atoms with Crippen molar-refractivity contribution in [3.8, 4) is 0 Å². The van der Waals surface area contributed by atoms with Crippen LogP contribution in [0.4, 0.5) is 13.2 Å². The number of aromatic nitrogens is 1. The number of nitrogens with one attached hydrogen (secondary N) is 1. The average Bonchev–Trinajstić information content (AvgIpc) is 3.64. The standard InChI is InChI=1S/C29H22BCl3F3N3O4/c1-27(2)19-6-5-15(10-20(19)30(41)42-27)14-37-26(40)18-4-3-8-39-9-7-17(25(18)39)23-13-28(43-38-23,29(34,35)36)16-11-21(31)24(33)22(32)12-16/h3-12,41H,13-14H2,1-2H3,(H,37,40). The first-order valence-electron chi connectivity index (χ1n) is 13.1. The first-order chi connectivity index (χ1) is 20.2. The van der Waals surface area contributed by atoms with Crippen molar-refractivity contribution in [2.45, 2.75) is 44.2 Å². The van der Waals surface area contributed by atoms with Crippen molar-refractivity contribution in [2.75, 3.05) is 0 Å². The van der Waals surface area contributed by atoms with Gasteiger partial charge in [0.05, 0.1) is 43.9 Å². The number of nitrogens with zero attached hydrogens (tertiary/aromatic N) is 2. The minimum Gasteiger partial charge on any atom is -0.423 e. The van der Waals surface area contributed by atoms with E-state index in [1.54, 1.807) is 41.1 Å². The highest BCUT2D eigenvalue weighted by Crippen LogP contribution is 2.51. The highest BCUT2D eigenvalue weighted by Gasteiger charge is 2.62. The fourth-order valence-electron chi connectivity index (χ4n) is 5.58. The van der Waals surface area contributed by atoms with Gasteiger partial charge < -0.3 is 24.2 Å². The third kappa shape index (κ3) is 4.97. The van der Waals surface area contributed by atoms with Crippen molar-refractivity contribution >= 4 is 64.5 Å². The summed E-state index contributed by atoms with van der Waals surface area (Å²) in [6.07, 6.45) is -2.31. The molecule has 2 N–H and O–H groups in total. The molecular formula is C29H22BCl3F3N3O4. The normalized spacial score (nSPS) is 19.4. The van der Waals surface area contributed by atoms with Crippen molar-refractivity contribution < 1.29 is 32.5 Å². The van der Waals surface area contributed by atoms with Gasteiger partial charge in [0.2, 0.25) is 0 Å². The van der Waals surface area contributed by atoms with Gasteiger partial charge in [-0.05, 0) is 60.8 Å². The van der Waals surface area contributed by atoms with Gasteiger partial charge in [-0.15, -0.1) is 0 Å². The van der Waals surface area contributed by atoms with Crippen molar-refractivity contribution in [3.63, 3.8) is 0 Å². The third-order valence-corrected chi connectivity index (χ3v) is 8.96. The molecule has 6 rings (SSSR count). The summed E-state index contributed by atoms with van der Waals surface area (Å²) in [5, 5.41) is 16.6. The van der Waals surface area contributed by atoms with E-state index in [0.717, 1.165) is 23.3 Å². The first kappa shape index (κ1) is 29.8. The summed E-state index contributed by atoms with van der Waals surface area (Å²) in [6.45, 7) is 3.85. The zero-order valence-corrected chi connectivity index (χ0v) is 24.9. The monoisotopic (exact) mass is 649 g/mol. The van der Waals surface area contributed by atoms with Crippen LogP contribution in [0.15, 0.2) is 66.1 Å². The second-order valence-electron chi connectivity index (χ2n) is 10.9. The average molecular weight is 651 g/mol. The number of benzene rings is 2. The Balaban J connectivity index is 1.30. The van der Waals surface area contributed by atoms with Gasteiger partial charge in [0.25, 0.3) is 11.5 Å². The van der Waals surface area contributed by atoms with Crippen LogP contribution in [0.5, 0.6) is 0 Å². The number of pyridine rings is 1. The molecule has 2 aliphatic rings. The molecule has 14 heteroatoms. The molecule has 43 heavy (non-hydrogen) atoms. The van der Waals surface area contributed by atoms with Crippen LogP contribution in [-0.4, -0.2) is 34.3 Å². The molecule has 2 aromatic heterocycles. The molecule has 222 valence electrons. The molecule has 7 nitrogen and oxygen atoms in total. The van der Waals surface area contributed by atoms with E-state index in [1.165, 1.54) is 0 Å². The van der Waals surface area contributed by atoms with E-state index in [0.29, 0.717) is 16.5 Å². The molecule has 0 radical (unpaired) electrons. The van der Waals surface area contributed by atoms with Gasteiger partial charge in [0.1, 0.15) is 0 Å². The molecular weight excluding hydrogens is 629 g/mol. The largest absolute Gasteiger partial charge is 0.492 e. The molecule has 4 aromatic rings.